The number of ether oxygens (including phenoxy) is 1. The third kappa shape index (κ3) is 4.16. The Morgan fingerprint density at radius 3 is 2.67 bits per heavy atom. The van der Waals surface area contributed by atoms with Crippen molar-refractivity contribution >= 4 is 11.7 Å². The van der Waals surface area contributed by atoms with E-state index in [1.54, 1.807) is 6.20 Å². The van der Waals surface area contributed by atoms with Gasteiger partial charge in [0.15, 0.2) is 0 Å². The lowest BCUT2D eigenvalue weighted by Gasteiger charge is -2.14. The predicted octanol–water partition coefficient (Wildman–Crippen LogP) is 4.02. The molecular formula is C19H25N3O2. The Hall–Kier alpha value is -2.30. The van der Waals surface area contributed by atoms with Gasteiger partial charge in [-0.25, -0.2) is 4.68 Å². The van der Waals surface area contributed by atoms with Crippen molar-refractivity contribution in [3.05, 3.63) is 41.6 Å². The molecule has 1 amide bonds. The molecular weight excluding hydrogens is 302 g/mol. The van der Waals surface area contributed by atoms with Gasteiger partial charge in [0.1, 0.15) is 11.6 Å². The molecule has 1 saturated carbocycles. The number of nitrogens with zero attached hydrogens (tertiary/aromatic N) is 2. The quantitative estimate of drug-likeness (QED) is 0.871. The number of nitrogens with one attached hydrogen (secondary N) is 1. The number of carbonyl (C=O) groups excluding carboxylic acids is 1. The van der Waals surface area contributed by atoms with Crippen molar-refractivity contribution in [1.29, 1.82) is 0 Å². The van der Waals surface area contributed by atoms with E-state index in [2.05, 4.69) is 16.5 Å². The number of aromatic nitrogens is 2. The van der Waals surface area contributed by atoms with Crippen LogP contribution in [0.25, 0.3) is 0 Å². The van der Waals surface area contributed by atoms with E-state index in [1.807, 2.05) is 36.7 Å². The fourth-order valence-electron chi connectivity index (χ4n) is 3.34. The Labute approximate surface area is 143 Å². The van der Waals surface area contributed by atoms with Gasteiger partial charge in [-0.3, -0.25) is 4.79 Å². The molecule has 1 aliphatic carbocycles. The monoisotopic (exact) mass is 327 g/mol. The molecule has 128 valence electrons. The Morgan fingerprint density at radius 1 is 1.25 bits per heavy atom. The van der Waals surface area contributed by atoms with Crippen LogP contribution in [0.3, 0.4) is 0 Å². The molecule has 1 heterocycles. The lowest BCUT2D eigenvalue weighted by molar-refractivity contribution is -0.116. The summed E-state index contributed by atoms with van der Waals surface area (Å²) in [6, 6.07) is 8.35. The standard InChI is InChI=1S/C19H25N3O2/c1-14-11-15(2)13-17(12-14)24-10-8-19(23)21-18-7-9-20-22(18)16-5-3-4-6-16/h7,9,11-13,16H,3-6,8,10H2,1-2H3,(H,21,23). The molecule has 1 aliphatic rings. The first-order chi connectivity index (χ1) is 11.6. The van der Waals surface area contributed by atoms with Crippen molar-refractivity contribution in [2.24, 2.45) is 0 Å². The molecule has 5 nitrogen and oxygen atoms in total. The number of rotatable bonds is 6. The van der Waals surface area contributed by atoms with E-state index >= 15 is 0 Å². The van der Waals surface area contributed by atoms with Crippen molar-refractivity contribution < 1.29 is 9.53 Å². The van der Waals surface area contributed by atoms with Crippen LogP contribution >= 0.6 is 0 Å². The van der Waals surface area contributed by atoms with Crippen LogP contribution in [0.1, 0.15) is 49.3 Å². The number of carbonyl (C=O) groups is 1. The zero-order valence-electron chi connectivity index (χ0n) is 14.4. The fraction of sp³-hybridized carbons (Fsp3) is 0.474. The van der Waals surface area contributed by atoms with Gasteiger partial charge in [-0.1, -0.05) is 18.9 Å². The molecule has 0 saturated heterocycles. The Morgan fingerprint density at radius 2 is 1.96 bits per heavy atom. The van der Waals surface area contributed by atoms with Crippen LogP contribution in [-0.4, -0.2) is 22.3 Å². The molecule has 3 rings (SSSR count). The maximum absolute atomic E-state index is 12.2. The normalized spacial score (nSPS) is 14.8. The number of amides is 1. The van der Waals surface area contributed by atoms with E-state index in [0.717, 1.165) is 35.5 Å². The Balaban J connectivity index is 1.50. The first-order valence-electron chi connectivity index (χ1n) is 8.66. The summed E-state index contributed by atoms with van der Waals surface area (Å²) < 4.78 is 7.66. The molecule has 1 aromatic carbocycles. The third-order valence-corrected chi connectivity index (χ3v) is 4.40. The molecule has 1 N–H and O–H groups in total. The van der Waals surface area contributed by atoms with Gasteiger partial charge in [0.25, 0.3) is 0 Å². The molecule has 0 aliphatic heterocycles. The highest BCUT2D eigenvalue weighted by Gasteiger charge is 2.20. The fourth-order valence-corrected chi connectivity index (χ4v) is 3.34. The average molecular weight is 327 g/mol. The van der Waals surface area contributed by atoms with Gasteiger partial charge >= 0.3 is 0 Å². The largest absolute Gasteiger partial charge is 0.493 e. The van der Waals surface area contributed by atoms with Gasteiger partial charge in [-0.2, -0.15) is 5.10 Å². The summed E-state index contributed by atoms with van der Waals surface area (Å²) in [4.78, 5) is 12.2. The summed E-state index contributed by atoms with van der Waals surface area (Å²) >= 11 is 0. The molecule has 0 atom stereocenters. The minimum absolute atomic E-state index is 0.0425. The topological polar surface area (TPSA) is 56.1 Å². The second-order valence-corrected chi connectivity index (χ2v) is 6.57. The van der Waals surface area contributed by atoms with Crippen LogP contribution in [0.5, 0.6) is 5.75 Å². The summed E-state index contributed by atoms with van der Waals surface area (Å²) in [5.41, 5.74) is 2.32. The lowest BCUT2D eigenvalue weighted by atomic mass is 10.1. The van der Waals surface area contributed by atoms with Crippen molar-refractivity contribution in [2.45, 2.75) is 52.0 Å². The summed E-state index contributed by atoms with van der Waals surface area (Å²) in [7, 11) is 0. The van der Waals surface area contributed by atoms with E-state index in [9.17, 15) is 4.79 Å². The zero-order chi connectivity index (χ0) is 16.9. The van der Waals surface area contributed by atoms with E-state index in [1.165, 1.54) is 12.8 Å². The van der Waals surface area contributed by atoms with Crippen LogP contribution in [0.4, 0.5) is 5.82 Å². The molecule has 0 radical (unpaired) electrons. The Bertz CT molecular complexity index is 682. The first kappa shape index (κ1) is 16.6. The van der Waals surface area contributed by atoms with E-state index in [-0.39, 0.29) is 5.91 Å². The van der Waals surface area contributed by atoms with Crippen LogP contribution in [0, 0.1) is 13.8 Å². The van der Waals surface area contributed by atoms with Crippen LogP contribution in [-0.2, 0) is 4.79 Å². The summed E-state index contributed by atoms with van der Waals surface area (Å²) in [5.74, 6) is 1.56. The molecule has 24 heavy (non-hydrogen) atoms. The van der Waals surface area contributed by atoms with E-state index in [0.29, 0.717) is 19.1 Å². The molecule has 0 bridgehead atoms. The molecule has 5 heteroatoms. The van der Waals surface area contributed by atoms with E-state index in [4.69, 9.17) is 4.74 Å². The maximum atomic E-state index is 12.2. The van der Waals surface area contributed by atoms with Gasteiger partial charge in [0, 0.05) is 6.07 Å². The molecule has 1 fully saturated rings. The van der Waals surface area contributed by atoms with Gasteiger partial charge in [-0.15, -0.1) is 0 Å². The van der Waals surface area contributed by atoms with Crippen LogP contribution in [0.2, 0.25) is 0 Å². The van der Waals surface area contributed by atoms with Crippen molar-refractivity contribution in [3.63, 3.8) is 0 Å². The second kappa shape index (κ2) is 7.51. The average Bonchev–Trinajstić information content (AvgIpc) is 3.16. The second-order valence-electron chi connectivity index (χ2n) is 6.57. The predicted molar refractivity (Wildman–Crippen MR) is 94.4 cm³/mol. The van der Waals surface area contributed by atoms with Gasteiger partial charge in [0.2, 0.25) is 5.91 Å². The highest BCUT2D eigenvalue weighted by molar-refractivity contribution is 5.89. The summed E-state index contributed by atoms with van der Waals surface area (Å²) in [6.07, 6.45) is 6.83. The first-order valence-corrected chi connectivity index (χ1v) is 8.66. The van der Waals surface area contributed by atoms with Crippen molar-refractivity contribution in [1.82, 2.24) is 9.78 Å². The number of anilines is 1. The number of benzene rings is 1. The van der Waals surface area contributed by atoms with E-state index < -0.39 is 0 Å². The van der Waals surface area contributed by atoms with Gasteiger partial charge in [-0.05, 0) is 49.9 Å². The molecule has 0 unspecified atom stereocenters. The SMILES string of the molecule is Cc1cc(C)cc(OCCC(=O)Nc2ccnn2C2CCCC2)c1. The van der Waals surface area contributed by atoms with Gasteiger partial charge < -0.3 is 10.1 Å². The van der Waals surface area contributed by atoms with Crippen molar-refractivity contribution in [3.8, 4) is 5.75 Å². The van der Waals surface area contributed by atoms with Crippen molar-refractivity contribution in [2.75, 3.05) is 11.9 Å². The summed E-state index contributed by atoms with van der Waals surface area (Å²) in [5, 5.41) is 7.33. The lowest BCUT2D eigenvalue weighted by Crippen LogP contribution is -2.19. The summed E-state index contributed by atoms with van der Waals surface area (Å²) in [6.45, 7) is 4.44. The minimum atomic E-state index is -0.0425. The zero-order valence-corrected chi connectivity index (χ0v) is 14.4. The van der Waals surface area contributed by atoms with Crippen LogP contribution in [0.15, 0.2) is 30.5 Å². The van der Waals surface area contributed by atoms with Crippen LogP contribution < -0.4 is 10.1 Å². The highest BCUT2D eigenvalue weighted by Crippen LogP contribution is 2.31. The van der Waals surface area contributed by atoms with Gasteiger partial charge in [0.05, 0.1) is 25.3 Å². The molecule has 1 aromatic heterocycles. The minimum Gasteiger partial charge on any atom is -0.493 e. The third-order valence-electron chi connectivity index (χ3n) is 4.40. The highest BCUT2D eigenvalue weighted by atomic mass is 16.5. The smallest absolute Gasteiger partial charge is 0.228 e. The molecule has 2 aromatic rings. The molecule has 0 spiro atoms. The Kier molecular flexibility index (Phi) is 5.18. The number of aryl methyl sites for hydroxylation is 2. The maximum Gasteiger partial charge on any atom is 0.228 e. The number of hydrogen-bond acceptors (Lipinski definition) is 3. The number of hydrogen-bond donors (Lipinski definition) is 1.